The van der Waals surface area contributed by atoms with Gasteiger partial charge in [-0.3, -0.25) is 0 Å². The molecule has 2 heterocycles. The normalized spacial score (nSPS) is 18.2. The molecule has 4 rings (SSSR count). The minimum atomic E-state index is -4.65. The van der Waals surface area contributed by atoms with Crippen molar-refractivity contribution in [2.75, 3.05) is 5.32 Å². The third-order valence-corrected chi connectivity index (χ3v) is 8.39. The van der Waals surface area contributed by atoms with Crippen LogP contribution in [-0.2, 0) is 34.5 Å². The Hall–Kier alpha value is -2.02. The number of aliphatic hydroxyl groups is 1. The number of amides is 2. The first-order valence-electron chi connectivity index (χ1n) is 10.1. The zero-order valence-corrected chi connectivity index (χ0v) is 19.1. The highest BCUT2D eigenvalue weighted by Gasteiger charge is 2.43. The zero-order valence-electron chi connectivity index (χ0n) is 17.5. The van der Waals surface area contributed by atoms with Gasteiger partial charge in [-0.1, -0.05) is 0 Å². The number of pyridine rings is 1. The van der Waals surface area contributed by atoms with E-state index in [9.17, 15) is 27.3 Å². The smallest absolute Gasteiger partial charge is 0.386 e. The van der Waals surface area contributed by atoms with Crippen LogP contribution in [-0.4, -0.2) is 20.3 Å². The van der Waals surface area contributed by atoms with Crippen LogP contribution >= 0.6 is 11.3 Å². The van der Waals surface area contributed by atoms with Crippen molar-refractivity contribution in [1.29, 1.82) is 0 Å². The number of alkyl halides is 3. The standard InChI is InChI=1S/C20H23F3N4O3S2/c1-19(2,29)11-8-14(31-9-11)32(24,30)27-18(28)26-16-12-4-3-5-13(12)25-17(20(21,22)23)15(16)10-6-7-10/h8-10,29H,3-7H2,1-2H3,(H3,24,25,26,27,28,30)/t32-/m1/s1. The first kappa shape index (κ1) is 23.1. The highest BCUT2D eigenvalue weighted by atomic mass is 32.2. The average molecular weight is 489 g/mol. The van der Waals surface area contributed by atoms with E-state index in [1.165, 1.54) is 6.07 Å². The Kier molecular flexibility index (Phi) is 5.63. The van der Waals surface area contributed by atoms with Gasteiger partial charge in [0.15, 0.2) is 9.92 Å². The first-order valence-corrected chi connectivity index (χ1v) is 12.5. The second-order valence-corrected chi connectivity index (χ2v) is 11.5. The number of rotatable bonds is 4. The Morgan fingerprint density at radius 3 is 2.59 bits per heavy atom. The number of hydrogen-bond acceptors (Lipinski definition) is 5. The van der Waals surface area contributed by atoms with Gasteiger partial charge in [-0.2, -0.15) is 13.2 Å². The van der Waals surface area contributed by atoms with Crippen LogP contribution in [0.3, 0.4) is 0 Å². The summed E-state index contributed by atoms with van der Waals surface area (Å²) in [4.78, 5) is 16.6. The van der Waals surface area contributed by atoms with Gasteiger partial charge < -0.3 is 10.4 Å². The van der Waals surface area contributed by atoms with E-state index in [-0.39, 0.29) is 21.4 Å². The van der Waals surface area contributed by atoms with Crippen molar-refractivity contribution in [3.05, 3.63) is 39.5 Å². The lowest BCUT2D eigenvalue weighted by molar-refractivity contribution is -0.141. The minimum Gasteiger partial charge on any atom is -0.386 e. The second kappa shape index (κ2) is 7.79. The maximum absolute atomic E-state index is 13.7. The summed E-state index contributed by atoms with van der Waals surface area (Å²) in [6.45, 7) is 3.09. The summed E-state index contributed by atoms with van der Waals surface area (Å²) >= 11 is 0.983. The number of hydrogen-bond donors (Lipinski definition) is 3. The molecule has 0 unspecified atom stereocenters. The van der Waals surface area contributed by atoms with Gasteiger partial charge >= 0.3 is 12.2 Å². The molecule has 0 aromatic carbocycles. The molecule has 0 spiro atoms. The SMILES string of the molecule is CC(C)(O)c1csc([S@](N)(=O)=NC(=O)Nc2c3c(nc(C(F)(F)F)c2C2CC2)CCC3)c1. The molecule has 0 radical (unpaired) electrons. The van der Waals surface area contributed by atoms with Gasteiger partial charge in [-0.15, -0.1) is 15.7 Å². The third-order valence-electron chi connectivity index (χ3n) is 5.54. The summed E-state index contributed by atoms with van der Waals surface area (Å²) in [7, 11) is -3.66. The van der Waals surface area contributed by atoms with E-state index < -0.39 is 33.4 Å². The lowest BCUT2D eigenvalue weighted by Crippen LogP contribution is -2.21. The number of halogens is 3. The lowest BCUT2D eigenvalue weighted by Gasteiger charge is -2.19. The molecule has 32 heavy (non-hydrogen) atoms. The van der Waals surface area contributed by atoms with Crippen LogP contribution in [0.25, 0.3) is 0 Å². The monoisotopic (exact) mass is 488 g/mol. The summed E-state index contributed by atoms with van der Waals surface area (Å²) < 4.78 is 57.8. The number of nitrogens with two attached hydrogens (primary N) is 1. The fourth-order valence-electron chi connectivity index (χ4n) is 3.81. The van der Waals surface area contributed by atoms with E-state index in [0.29, 0.717) is 48.9 Å². The van der Waals surface area contributed by atoms with Crippen molar-refractivity contribution in [3.63, 3.8) is 0 Å². The minimum absolute atomic E-state index is 0.0225. The largest absolute Gasteiger partial charge is 0.433 e. The Labute approximate surface area is 187 Å². The summed E-state index contributed by atoms with van der Waals surface area (Å²) in [6, 6.07) is 0.330. The Balaban J connectivity index is 1.73. The van der Waals surface area contributed by atoms with Gasteiger partial charge in [0.2, 0.25) is 0 Å². The number of nitrogens with one attached hydrogen (secondary N) is 1. The van der Waals surface area contributed by atoms with E-state index in [0.717, 1.165) is 11.3 Å². The fourth-order valence-corrected chi connectivity index (χ4v) is 6.09. The Morgan fingerprint density at radius 2 is 2.03 bits per heavy atom. The molecule has 2 aliphatic carbocycles. The zero-order chi connectivity index (χ0) is 23.5. The highest BCUT2D eigenvalue weighted by molar-refractivity contribution is 7.93. The number of carbonyl (C=O) groups excluding carboxylic acids is 1. The van der Waals surface area contributed by atoms with Gasteiger partial charge in [0.25, 0.3) is 0 Å². The van der Waals surface area contributed by atoms with E-state index in [2.05, 4.69) is 14.7 Å². The maximum Gasteiger partial charge on any atom is 0.433 e. The molecule has 2 aromatic rings. The van der Waals surface area contributed by atoms with Crippen molar-refractivity contribution >= 4 is 33.0 Å². The maximum atomic E-state index is 13.7. The molecule has 1 atom stereocenters. The predicted molar refractivity (Wildman–Crippen MR) is 115 cm³/mol. The van der Waals surface area contributed by atoms with Crippen molar-refractivity contribution in [2.24, 2.45) is 9.50 Å². The second-order valence-electron chi connectivity index (χ2n) is 8.60. The number of anilines is 1. The van der Waals surface area contributed by atoms with E-state index in [1.54, 1.807) is 19.2 Å². The van der Waals surface area contributed by atoms with Gasteiger partial charge in [0.05, 0.1) is 11.3 Å². The van der Waals surface area contributed by atoms with Crippen molar-refractivity contribution in [1.82, 2.24) is 4.98 Å². The van der Waals surface area contributed by atoms with Crippen LogP contribution in [0.4, 0.5) is 23.7 Å². The Bertz CT molecular complexity index is 1200. The van der Waals surface area contributed by atoms with Crippen molar-refractivity contribution in [3.8, 4) is 0 Å². The molecule has 2 aliphatic rings. The molecule has 4 N–H and O–H groups in total. The summed E-state index contributed by atoms with van der Waals surface area (Å²) in [5.74, 6) is -0.339. The molecular formula is C20H23F3N4O3S2. The molecular weight excluding hydrogens is 465 g/mol. The first-order chi connectivity index (χ1) is 14.8. The summed E-state index contributed by atoms with van der Waals surface area (Å²) in [5.41, 5.74) is -0.759. The highest BCUT2D eigenvalue weighted by Crippen LogP contribution is 2.50. The third kappa shape index (κ3) is 4.54. The molecule has 1 saturated carbocycles. The number of carbonyl (C=O) groups is 1. The number of nitrogens with zero attached hydrogens (tertiary/aromatic N) is 2. The van der Waals surface area contributed by atoms with Crippen LogP contribution in [0.2, 0.25) is 0 Å². The Morgan fingerprint density at radius 1 is 1.34 bits per heavy atom. The van der Waals surface area contributed by atoms with Gasteiger partial charge in [0, 0.05) is 11.3 Å². The molecule has 12 heteroatoms. The topological polar surface area (TPSA) is 118 Å². The number of aryl methyl sites for hydroxylation is 1. The number of thiophene rings is 1. The van der Waals surface area contributed by atoms with Crippen LogP contribution in [0, 0.1) is 0 Å². The van der Waals surface area contributed by atoms with Crippen LogP contribution in [0.15, 0.2) is 20.0 Å². The summed E-state index contributed by atoms with van der Waals surface area (Å²) in [5, 5.41) is 19.9. The molecule has 1 fully saturated rings. The number of urea groups is 1. The number of fused-ring (bicyclic) bond motifs is 1. The van der Waals surface area contributed by atoms with Crippen LogP contribution in [0.5, 0.6) is 0 Å². The van der Waals surface area contributed by atoms with Gasteiger partial charge in [-0.25, -0.2) is 19.1 Å². The van der Waals surface area contributed by atoms with Gasteiger partial charge in [-0.05, 0) is 74.4 Å². The molecule has 2 aromatic heterocycles. The predicted octanol–water partition coefficient (Wildman–Crippen LogP) is 4.69. The molecule has 7 nitrogen and oxygen atoms in total. The molecule has 0 bridgehead atoms. The van der Waals surface area contributed by atoms with E-state index >= 15 is 0 Å². The number of aromatic nitrogens is 1. The fraction of sp³-hybridized carbons (Fsp3) is 0.500. The van der Waals surface area contributed by atoms with Crippen molar-refractivity contribution < 1.29 is 27.3 Å². The van der Waals surface area contributed by atoms with Crippen LogP contribution < -0.4 is 10.5 Å². The van der Waals surface area contributed by atoms with E-state index in [4.69, 9.17) is 5.14 Å². The van der Waals surface area contributed by atoms with Gasteiger partial charge in [0.1, 0.15) is 9.90 Å². The van der Waals surface area contributed by atoms with Crippen LogP contribution in [0.1, 0.15) is 67.1 Å². The molecule has 0 aliphatic heterocycles. The quantitative estimate of drug-likeness (QED) is 0.579. The lowest BCUT2D eigenvalue weighted by atomic mass is 10.00. The summed E-state index contributed by atoms with van der Waals surface area (Å²) in [6.07, 6.45) is -1.98. The van der Waals surface area contributed by atoms with E-state index in [1.807, 2.05) is 0 Å². The van der Waals surface area contributed by atoms with Crippen molar-refractivity contribution in [2.45, 2.75) is 67.9 Å². The average Bonchev–Trinajstić information content (AvgIpc) is 3.15. The molecule has 0 saturated heterocycles. The molecule has 174 valence electrons. The molecule has 2 amide bonds.